The summed E-state index contributed by atoms with van der Waals surface area (Å²) in [5.41, 5.74) is 4.35. The van der Waals surface area contributed by atoms with Gasteiger partial charge in [-0.15, -0.1) is 0 Å². The Morgan fingerprint density at radius 1 is 1.24 bits per heavy atom. The van der Waals surface area contributed by atoms with E-state index in [-0.39, 0.29) is 5.91 Å². The zero-order valence-electron chi connectivity index (χ0n) is 11.5. The molecule has 0 spiro atoms. The van der Waals surface area contributed by atoms with E-state index < -0.39 is 17.5 Å². The van der Waals surface area contributed by atoms with Crippen LogP contribution in [0.5, 0.6) is 0 Å². The highest BCUT2D eigenvalue weighted by atomic mass is 16.2. The lowest BCUT2D eigenvalue weighted by Crippen LogP contribution is -2.57. The van der Waals surface area contributed by atoms with Gasteiger partial charge in [0.1, 0.15) is 0 Å². The van der Waals surface area contributed by atoms with Crippen molar-refractivity contribution in [2.24, 2.45) is 11.7 Å². The fourth-order valence-corrected chi connectivity index (χ4v) is 1.32. The predicted octanol–water partition coefficient (Wildman–Crippen LogP) is 0.391. The Balaban J connectivity index is 4.10. The summed E-state index contributed by atoms with van der Waals surface area (Å²) in [6, 6.07) is -0.440. The summed E-state index contributed by atoms with van der Waals surface area (Å²) in [5, 5.41) is 5.73. The molecule has 0 saturated carbocycles. The summed E-state index contributed by atoms with van der Waals surface area (Å²) in [6.45, 7) is 9.89. The number of nitrogens with one attached hydrogen (secondary N) is 2. The minimum Gasteiger partial charge on any atom is -0.368 e. The quantitative estimate of drug-likeness (QED) is 0.605. The van der Waals surface area contributed by atoms with E-state index in [0.29, 0.717) is 12.5 Å². The van der Waals surface area contributed by atoms with Gasteiger partial charge >= 0.3 is 0 Å². The van der Waals surface area contributed by atoms with Gasteiger partial charge in [0, 0.05) is 6.54 Å². The first-order valence-corrected chi connectivity index (χ1v) is 6.02. The molecule has 0 aromatic heterocycles. The van der Waals surface area contributed by atoms with Gasteiger partial charge in [-0.2, -0.15) is 0 Å². The summed E-state index contributed by atoms with van der Waals surface area (Å²) >= 11 is 0. The Hall–Kier alpha value is -1.10. The largest absolute Gasteiger partial charge is 0.368 e. The van der Waals surface area contributed by atoms with Gasteiger partial charge in [0.05, 0.1) is 11.6 Å². The van der Waals surface area contributed by atoms with Crippen LogP contribution in [0.25, 0.3) is 0 Å². The second-order valence-electron chi connectivity index (χ2n) is 5.33. The van der Waals surface area contributed by atoms with Gasteiger partial charge in [-0.1, -0.05) is 13.8 Å². The Bertz CT molecular complexity index is 275. The zero-order chi connectivity index (χ0) is 13.6. The van der Waals surface area contributed by atoms with Crippen molar-refractivity contribution in [1.82, 2.24) is 10.6 Å². The molecule has 0 saturated heterocycles. The highest BCUT2D eigenvalue weighted by molar-refractivity contribution is 5.86. The first-order chi connectivity index (χ1) is 7.66. The van der Waals surface area contributed by atoms with Crippen LogP contribution in [0.1, 0.15) is 41.0 Å². The fourth-order valence-electron chi connectivity index (χ4n) is 1.32. The molecule has 0 rings (SSSR count). The third-order valence-electron chi connectivity index (χ3n) is 2.61. The predicted molar refractivity (Wildman–Crippen MR) is 68.3 cm³/mol. The lowest BCUT2D eigenvalue weighted by Gasteiger charge is -2.26. The summed E-state index contributed by atoms with van der Waals surface area (Å²) in [7, 11) is 0. The van der Waals surface area contributed by atoms with Crippen molar-refractivity contribution in [2.45, 2.75) is 52.6 Å². The van der Waals surface area contributed by atoms with Crippen molar-refractivity contribution in [3.63, 3.8) is 0 Å². The van der Waals surface area contributed by atoms with Crippen LogP contribution >= 0.6 is 0 Å². The van der Waals surface area contributed by atoms with E-state index >= 15 is 0 Å². The van der Waals surface area contributed by atoms with Crippen LogP contribution in [-0.2, 0) is 9.59 Å². The van der Waals surface area contributed by atoms with Crippen molar-refractivity contribution >= 4 is 11.8 Å². The van der Waals surface area contributed by atoms with E-state index in [2.05, 4.69) is 24.5 Å². The molecule has 100 valence electrons. The molecule has 5 heteroatoms. The average Bonchev–Trinajstić information content (AvgIpc) is 2.15. The molecular weight excluding hydrogens is 218 g/mol. The molecule has 1 unspecified atom stereocenters. The molecule has 5 nitrogen and oxygen atoms in total. The Kier molecular flexibility index (Phi) is 6.16. The van der Waals surface area contributed by atoms with Crippen LogP contribution in [0.3, 0.4) is 0 Å². The number of primary amides is 1. The normalized spacial score (nSPS) is 13.5. The Morgan fingerprint density at radius 3 is 2.18 bits per heavy atom. The van der Waals surface area contributed by atoms with E-state index in [1.54, 1.807) is 20.8 Å². The average molecular weight is 243 g/mol. The number of nitrogens with two attached hydrogens (primary N) is 1. The van der Waals surface area contributed by atoms with Crippen LogP contribution < -0.4 is 16.4 Å². The monoisotopic (exact) mass is 243 g/mol. The highest BCUT2D eigenvalue weighted by Gasteiger charge is 2.28. The summed E-state index contributed by atoms with van der Waals surface area (Å²) < 4.78 is 0. The molecule has 17 heavy (non-hydrogen) atoms. The number of hydrogen-bond donors (Lipinski definition) is 3. The number of carbonyl (C=O) groups excluding carboxylic acids is 2. The van der Waals surface area contributed by atoms with E-state index in [9.17, 15) is 9.59 Å². The molecule has 0 bridgehead atoms. The summed E-state index contributed by atoms with van der Waals surface area (Å²) in [5.74, 6) is -0.0278. The SMILES string of the molecule is CC(C)CCNC(=O)C(C)NC(C)(C)C(N)=O. The maximum atomic E-state index is 11.7. The van der Waals surface area contributed by atoms with Gasteiger partial charge in [-0.3, -0.25) is 14.9 Å². The van der Waals surface area contributed by atoms with Crippen LogP contribution in [0, 0.1) is 5.92 Å². The molecule has 2 amide bonds. The van der Waals surface area contributed by atoms with Crippen LogP contribution in [0.4, 0.5) is 0 Å². The van der Waals surface area contributed by atoms with Crippen LogP contribution in [0.2, 0.25) is 0 Å². The first-order valence-electron chi connectivity index (χ1n) is 6.02. The zero-order valence-corrected chi connectivity index (χ0v) is 11.5. The molecule has 0 aromatic rings. The van der Waals surface area contributed by atoms with Crippen LogP contribution in [0.15, 0.2) is 0 Å². The molecular formula is C12H25N3O2. The third kappa shape index (κ3) is 6.26. The van der Waals surface area contributed by atoms with E-state index in [1.807, 2.05) is 0 Å². The smallest absolute Gasteiger partial charge is 0.237 e. The highest BCUT2D eigenvalue weighted by Crippen LogP contribution is 2.03. The Morgan fingerprint density at radius 2 is 1.76 bits per heavy atom. The van der Waals surface area contributed by atoms with E-state index in [0.717, 1.165) is 6.42 Å². The minimum atomic E-state index is -0.880. The van der Waals surface area contributed by atoms with Crippen molar-refractivity contribution in [3.05, 3.63) is 0 Å². The molecule has 0 heterocycles. The number of hydrogen-bond acceptors (Lipinski definition) is 3. The molecule has 0 aromatic carbocycles. The van der Waals surface area contributed by atoms with Gasteiger partial charge in [0.2, 0.25) is 11.8 Å². The maximum Gasteiger partial charge on any atom is 0.237 e. The first kappa shape index (κ1) is 15.9. The molecule has 1 atom stereocenters. The second kappa shape index (κ2) is 6.59. The molecule has 0 aliphatic rings. The van der Waals surface area contributed by atoms with Crippen molar-refractivity contribution < 1.29 is 9.59 Å². The van der Waals surface area contributed by atoms with Gasteiger partial charge in [-0.05, 0) is 33.1 Å². The van der Waals surface area contributed by atoms with Gasteiger partial charge in [0.25, 0.3) is 0 Å². The third-order valence-corrected chi connectivity index (χ3v) is 2.61. The Labute approximate surface area is 104 Å². The minimum absolute atomic E-state index is 0.111. The van der Waals surface area contributed by atoms with Crippen molar-refractivity contribution in [2.75, 3.05) is 6.54 Å². The second-order valence-corrected chi connectivity index (χ2v) is 5.33. The molecule has 4 N–H and O–H groups in total. The van der Waals surface area contributed by atoms with Crippen molar-refractivity contribution in [1.29, 1.82) is 0 Å². The van der Waals surface area contributed by atoms with Crippen LogP contribution in [-0.4, -0.2) is 29.9 Å². The summed E-state index contributed by atoms with van der Waals surface area (Å²) in [4.78, 5) is 22.8. The van der Waals surface area contributed by atoms with E-state index in [4.69, 9.17) is 5.73 Å². The topological polar surface area (TPSA) is 84.2 Å². The van der Waals surface area contributed by atoms with Gasteiger partial charge in [0.15, 0.2) is 0 Å². The lowest BCUT2D eigenvalue weighted by atomic mass is 10.0. The fraction of sp³-hybridized carbons (Fsp3) is 0.833. The standard InChI is InChI=1S/C12H25N3O2/c1-8(2)6-7-14-10(16)9(3)15-12(4,5)11(13)17/h8-9,15H,6-7H2,1-5H3,(H2,13,17)(H,14,16). The number of carbonyl (C=O) groups is 2. The lowest BCUT2D eigenvalue weighted by molar-refractivity contribution is -0.126. The molecule has 0 aliphatic heterocycles. The molecule has 0 fully saturated rings. The van der Waals surface area contributed by atoms with Crippen molar-refractivity contribution in [3.8, 4) is 0 Å². The molecule has 0 aliphatic carbocycles. The summed E-state index contributed by atoms with van der Waals surface area (Å²) in [6.07, 6.45) is 0.942. The van der Waals surface area contributed by atoms with Gasteiger partial charge in [-0.25, -0.2) is 0 Å². The number of rotatable bonds is 7. The maximum absolute atomic E-state index is 11.7. The molecule has 0 radical (unpaired) electrons. The number of amides is 2. The van der Waals surface area contributed by atoms with E-state index in [1.165, 1.54) is 0 Å². The van der Waals surface area contributed by atoms with Gasteiger partial charge < -0.3 is 11.1 Å².